The minimum atomic E-state index is -4.80. The number of nitrogens with one attached hydrogen (secondary N) is 3. The standard InChI is InChI=1S/C39H47F4N11O3/c40-25-17-26(44)21-52(20-25)33-12-15-53-36(48-33)31(18-45-53)38(57)47-32-22-54(50-35(32)39(41,42)43)29-6-4-23(5-7-29)19-51-13-10-27(11-14-51)46-28-3-1-2-24(16-28)30-8-9-34(55)49-37(30)56/h1-3,12,15-16,18,22-23,25-27,29-30,46H,4-11,13-14,17,19-21,44H2,(H,47,57)(H,49,55,56)/t23?,25-,26-,29?,30?/m1/s1. The summed E-state index contributed by atoms with van der Waals surface area (Å²) in [4.78, 5) is 46.1. The maximum atomic E-state index is 14.3. The second kappa shape index (κ2) is 16.0. The van der Waals surface area contributed by atoms with E-state index < -0.39 is 29.6 Å². The van der Waals surface area contributed by atoms with Crippen molar-refractivity contribution in [2.75, 3.05) is 48.3 Å². The Hall–Kier alpha value is -5.10. The molecule has 18 heteroatoms. The molecule has 4 aliphatic rings. The first-order valence-electron chi connectivity index (χ1n) is 19.8. The Morgan fingerprint density at radius 3 is 2.54 bits per heavy atom. The number of aromatic nitrogens is 5. The van der Waals surface area contributed by atoms with Crippen molar-refractivity contribution in [1.82, 2.24) is 34.6 Å². The number of carbonyl (C=O) groups excluding carboxylic acids is 3. The van der Waals surface area contributed by atoms with Crippen molar-refractivity contribution in [3.05, 3.63) is 65.7 Å². The summed E-state index contributed by atoms with van der Waals surface area (Å²) in [6.45, 7) is 3.24. The van der Waals surface area contributed by atoms with Crippen molar-refractivity contribution >= 4 is 40.6 Å². The summed E-state index contributed by atoms with van der Waals surface area (Å²) < 4.78 is 59.7. The van der Waals surface area contributed by atoms with Gasteiger partial charge in [-0.1, -0.05) is 12.1 Å². The molecule has 0 radical (unpaired) electrons. The van der Waals surface area contributed by atoms with Crippen LogP contribution in [-0.4, -0.2) is 98.0 Å². The number of piperidine rings is 3. The monoisotopic (exact) mass is 793 g/mol. The quantitative estimate of drug-likeness (QED) is 0.135. The predicted octanol–water partition coefficient (Wildman–Crippen LogP) is 4.90. The number of anilines is 3. The molecule has 1 unspecified atom stereocenters. The molecule has 1 saturated carbocycles. The van der Waals surface area contributed by atoms with Crippen molar-refractivity contribution in [3.63, 3.8) is 0 Å². The normalized spacial score (nSPS) is 25.4. The predicted molar refractivity (Wildman–Crippen MR) is 204 cm³/mol. The summed E-state index contributed by atoms with van der Waals surface area (Å²) in [6, 6.07) is 9.16. The maximum Gasteiger partial charge on any atom is 0.437 e. The number of imide groups is 1. The average molecular weight is 794 g/mol. The molecule has 14 nitrogen and oxygen atoms in total. The van der Waals surface area contributed by atoms with Crippen molar-refractivity contribution < 1.29 is 31.9 Å². The van der Waals surface area contributed by atoms with Crippen LogP contribution in [0.25, 0.3) is 5.65 Å². The van der Waals surface area contributed by atoms with E-state index in [1.54, 1.807) is 17.2 Å². The molecule has 3 amide bonds. The molecule has 4 aromatic rings. The maximum absolute atomic E-state index is 14.3. The Kier molecular flexibility index (Phi) is 10.9. The molecule has 1 aliphatic carbocycles. The number of hydrogen-bond acceptors (Lipinski definition) is 10. The van der Waals surface area contributed by atoms with Gasteiger partial charge in [-0.3, -0.25) is 24.4 Å². The highest BCUT2D eigenvalue weighted by Crippen LogP contribution is 2.38. The molecule has 1 aromatic carbocycles. The molecule has 3 aromatic heterocycles. The number of nitrogens with two attached hydrogens (primary N) is 1. The van der Waals surface area contributed by atoms with E-state index in [2.05, 4.69) is 36.0 Å². The first-order chi connectivity index (χ1) is 27.4. The summed E-state index contributed by atoms with van der Waals surface area (Å²) in [6.07, 6.45) is 4.16. The summed E-state index contributed by atoms with van der Waals surface area (Å²) in [5.41, 5.74) is 6.34. The lowest BCUT2D eigenvalue weighted by Gasteiger charge is -2.37. The molecule has 4 fully saturated rings. The third kappa shape index (κ3) is 8.76. The highest BCUT2D eigenvalue weighted by atomic mass is 19.4. The van der Waals surface area contributed by atoms with Crippen molar-refractivity contribution in [3.8, 4) is 0 Å². The van der Waals surface area contributed by atoms with Crippen molar-refractivity contribution in [2.45, 2.75) is 94.2 Å². The minimum Gasteiger partial charge on any atom is -0.382 e. The molecular weight excluding hydrogens is 746 g/mol. The third-order valence-electron chi connectivity index (χ3n) is 11.8. The van der Waals surface area contributed by atoms with Gasteiger partial charge in [0.1, 0.15) is 17.6 Å². The van der Waals surface area contributed by atoms with Gasteiger partial charge in [-0.15, -0.1) is 0 Å². The SMILES string of the molecule is N[C@@H]1C[C@@H](F)CN(c2ccn3ncc(C(=O)Nc4cn(C5CCC(CN6CCC(Nc7cccc(C8CCC(=O)NC8=O)c7)CC6)CC5)nc4C(F)(F)F)c3n2)C1. The van der Waals surface area contributed by atoms with Crippen molar-refractivity contribution in [1.29, 1.82) is 0 Å². The zero-order valence-electron chi connectivity index (χ0n) is 31.4. The molecule has 3 saturated heterocycles. The first-order valence-corrected chi connectivity index (χ1v) is 19.8. The van der Waals surface area contributed by atoms with E-state index in [1.807, 2.05) is 24.3 Å². The number of nitrogens with zero attached hydrogens (tertiary/aromatic N) is 7. The second-order valence-corrected chi connectivity index (χ2v) is 16.0. The second-order valence-electron chi connectivity index (χ2n) is 16.0. The van der Waals surface area contributed by atoms with E-state index in [0.29, 0.717) is 44.0 Å². The van der Waals surface area contributed by atoms with Gasteiger partial charge in [0.15, 0.2) is 11.3 Å². The number of amides is 3. The Bertz CT molecular complexity index is 2100. The number of rotatable bonds is 9. The summed E-state index contributed by atoms with van der Waals surface area (Å²) in [7, 11) is 0. The van der Waals surface area contributed by atoms with Gasteiger partial charge < -0.3 is 26.2 Å². The minimum absolute atomic E-state index is 0.0323. The van der Waals surface area contributed by atoms with Crippen LogP contribution in [0.4, 0.5) is 34.8 Å². The lowest BCUT2D eigenvalue weighted by molar-refractivity contribution is -0.141. The van der Waals surface area contributed by atoms with Gasteiger partial charge in [0.25, 0.3) is 5.91 Å². The molecule has 3 aliphatic heterocycles. The van der Waals surface area contributed by atoms with Crippen LogP contribution in [0.5, 0.6) is 0 Å². The van der Waals surface area contributed by atoms with E-state index >= 15 is 0 Å². The largest absolute Gasteiger partial charge is 0.437 e. The van der Waals surface area contributed by atoms with E-state index in [1.165, 1.54) is 21.6 Å². The van der Waals surface area contributed by atoms with Gasteiger partial charge in [0.2, 0.25) is 11.8 Å². The highest BCUT2D eigenvalue weighted by molar-refractivity contribution is 6.08. The fourth-order valence-corrected chi connectivity index (χ4v) is 8.84. The molecule has 8 rings (SSSR count). The van der Waals surface area contributed by atoms with Crippen LogP contribution < -0.4 is 26.6 Å². The third-order valence-corrected chi connectivity index (χ3v) is 11.8. The molecule has 3 atom stereocenters. The van der Waals surface area contributed by atoms with E-state index in [4.69, 9.17) is 5.73 Å². The number of alkyl halides is 4. The number of fused-ring (bicyclic) bond motifs is 1. The van der Waals surface area contributed by atoms with Gasteiger partial charge in [-0.25, -0.2) is 13.9 Å². The lowest BCUT2D eigenvalue weighted by atomic mass is 9.85. The Labute approximate surface area is 326 Å². The topological polar surface area (TPSA) is 168 Å². The number of likely N-dealkylation sites (tertiary alicyclic amines) is 1. The number of hydrogen-bond donors (Lipinski definition) is 4. The van der Waals surface area contributed by atoms with Gasteiger partial charge in [-0.05, 0) is 81.0 Å². The zero-order chi connectivity index (χ0) is 39.8. The highest BCUT2D eigenvalue weighted by Gasteiger charge is 2.39. The van der Waals surface area contributed by atoms with Crippen LogP contribution in [-0.2, 0) is 15.8 Å². The van der Waals surface area contributed by atoms with Crippen LogP contribution in [0.1, 0.15) is 91.4 Å². The fraction of sp³-hybridized carbons (Fsp3) is 0.538. The molecule has 0 bridgehead atoms. The van der Waals surface area contributed by atoms with Gasteiger partial charge in [0, 0.05) is 62.8 Å². The Balaban J connectivity index is 0.846. The summed E-state index contributed by atoms with van der Waals surface area (Å²) in [5.74, 6) is -0.815. The zero-order valence-corrected chi connectivity index (χ0v) is 31.4. The first kappa shape index (κ1) is 38.8. The Morgan fingerprint density at radius 1 is 1.02 bits per heavy atom. The van der Waals surface area contributed by atoms with Crippen LogP contribution in [0.15, 0.2) is 48.9 Å². The molecule has 0 spiro atoms. The number of halogens is 4. The van der Waals surface area contributed by atoms with Gasteiger partial charge >= 0.3 is 6.18 Å². The molecule has 5 N–H and O–H groups in total. The number of carbonyl (C=O) groups is 3. The van der Waals surface area contributed by atoms with E-state index in [0.717, 1.165) is 56.6 Å². The van der Waals surface area contributed by atoms with Crippen LogP contribution in [0.2, 0.25) is 0 Å². The number of benzene rings is 1. The average Bonchev–Trinajstić information content (AvgIpc) is 3.80. The van der Waals surface area contributed by atoms with E-state index in [-0.39, 0.29) is 60.0 Å². The van der Waals surface area contributed by atoms with Crippen molar-refractivity contribution in [2.24, 2.45) is 11.7 Å². The molecular formula is C39H47F4N11O3. The van der Waals surface area contributed by atoms with Crippen LogP contribution in [0, 0.1) is 5.92 Å². The molecule has 304 valence electrons. The summed E-state index contributed by atoms with van der Waals surface area (Å²) in [5, 5.41) is 16.6. The van der Waals surface area contributed by atoms with Gasteiger partial charge in [-0.2, -0.15) is 23.4 Å². The summed E-state index contributed by atoms with van der Waals surface area (Å²) >= 11 is 0. The van der Waals surface area contributed by atoms with Crippen LogP contribution >= 0.6 is 0 Å². The lowest BCUT2D eigenvalue weighted by Crippen LogP contribution is -2.48. The fourth-order valence-electron chi connectivity index (χ4n) is 8.84. The van der Waals surface area contributed by atoms with Crippen LogP contribution in [0.3, 0.4) is 0 Å². The van der Waals surface area contributed by atoms with E-state index in [9.17, 15) is 31.9 Å². The van der Waals surface area contributed by atoms with Gasteiger partial charge in [0.05, 0.1) is 30.4 Å². The smallest absolute Gasteiger partial charge is 0.382 e. The Morgan fingerprint density at radius 2 is 1.81 bits per heavy atom. The molecule has 6 heterocycles. The molecule has 57 heavy (non-hydrogen) atoms.